The van der Waals surface area contributed by atoms with Gasteiger partial charge in [-0.1, -0.05) is 6.07 Å². The fraction of sp³-hybridized carbons (Fsp3) is 0. The number of pyridine rings is 1. The molecule has 1 nitrogen and oxygen atoms in total. The molecule has 1 heterocycles. The molecular formula is C11H6F3N. The quantitative estimate of drug-likeness (QED) is 0.657. The van der Waals surface area contributed by atoms with Gasteiger partial charge in [0.15, 0.2) is 17.5 Å². The second-order valence-corrected chi connectivity index (χ2v) is 2.96. The summed E-state index contributed by atoms with van der Waals surface area (Å²) < 4.78 is 38.9. The topological polar surface area (TPSA) is 12.9 Å². The lowest BCUT2D eigenvalue weighted by Crippen LogP contribution is -1.93. The number of hydrogen-bond acceptors (Lipinski definition) is 1. The van der Waals surface area contributed by atoms with Crippen LogP contribution in [0, 0.1) is 17.5 Å². The van der Waals surface area contributed by atoms with E-state index in [1.54, 1.807) is 12.1 Å². The normalized spacial score (nSPS) is 10.3. The average molecular weight is 209 g/mol. The summed E-state index contributed by atoms with van der Waals surface area (Å²) in [6.45, 7) is 0. The zero-order chi connectivity index (χ0) is 10.8. The summed E-state index contributed by atoms with van der Waals surface area (Å²) in [5.41, 5.74) is 0.413. The van der Waals surface area contributed by atoms with Crippen molar-refractivity contribution in [1.82, 2.24) is 4.98 Å². The van der Waals surface area contributed by atoms with E-state index in [1.807, 2.05) is 0 Å². The standard InChI is InChI=1S/C11H6F3N/c12-9-4-3-8(10(13)11(9)14)7-2-1-5-15-6-7/h1-6H. The Kier molecular flexibility index (Phi) is 2.41. The van der Waals surface area contributed by atoms with E-state index in [0.717, 1.165) is 6.07 Å². The van der Waals surface area contributed by atoms with Crippen LogP contribution in [-0.4, -0.2) is 4.98 Å². The molecule has 0 aliphatic carbocycles. The maximum atomic E-state index is 13.3. The highest BCUT2D eigenvalue weighted by Crippen LogP contribution is 2.24. The molecule has 1 aromatic carbocycles. The van der Waals surface area contributed by atoms with E-state index < -0.39 is 17.5 Å². The molecule has 0 spiro atoms. The molecule has 0 N–H and O–H groups in total. The zero-order valence-electron chi connectivity index (χ0n) is 7.55. The molecule has 15 heavy (non-hydrogen) atoms. The van der Waals surface area contributed by atoms with Crippen molar-refractivity contribution in [3.8, 4) is 11.1 Å². The Hall–Kier alpha value is -1.84. The monoisotopic (exact) mass is 209 g/mol. The van der Waals surface area contributed by atoms with E-state index in [9.17, 15) is 13.2 Å². The molecule has 2 rings (SSSR count). The maximum Gasteiger partial charge on any atom is 0.195 e. The van der Waals surface area contributed by atoms with Gasteiger partial charge in [-0.15, -0.1) is 0 Å². The number of rotatable bonds is 1. The number of aromatic nitrogens is 1. The van der Waals surface area contributed by atoms with E-state index in [2.05, 4.69) is 4.98 Å². The third kappa shape index (κ3) is 1.70. The summed E-state index contributed by atoms with van der Waals surface area (Å²) >= 11 is 0. The van der Waals surface area contributed by atoms with Crippen LogP contribution in [0.25, 0.3) is 11.1 Å². The second-order valence-electron chi connectivity index (χ2n) is 2.96. The molecule has 0 fully saturated rings. The van der Waals surface area contributed by atoms with Gasteiger partial charge in [0.1, 0.15) is 0 Å². The van der Waals surface area contributed by atoms with Crippen molar-refractivity contribution in [2.24, 2.45) is 0 Å². The molecule has 0 saturated carbocycles. The Morgan fingerprint density at radius 1 is 0.933 bits per heavy atom. The van der Waals surface area contributed by atoms with Gasteiger partial charge in [0, 0.05) is 23.5 Å². The summed E-state index contributed by atoms with van der Waals surface area (Å²) in [5.74, 6) is -3.85. The first kappa shape index (κ1) is 9.71. The Morgan fingerprint density at radius 3 is 2.40 bits per heavy atom. The third-order valence-electron chi connectivity index (χ3n) is 2.01. The summed E-state index contributed by atoms with van der Waals surface area (Å²) in [5, 5.41) is 0. The van der Waals surface area contributed by atoms with Crippen molar-refractivity contribution < 1.29 is 13.2 Å². The first-order chi connectivity index (χ1) is 7.20. The number of benzene rings is 1. The van der Waals surface area contributed by atoms with Crippen molar-refractivity contribution in [2.45, 2.75) is 0 Å². The van der Waals surface area contributed by atoms with Crippen LogP contribution < -0.4 is 0 Å². The lowest BCUT2D eigenvalue weighted by Gasteiger charge is -2.03. The highest BCUT2D eigenvalue weighted by atomic mass is 19.2. The minimum Gasteiger partial charge on any atom is -0.264 e. The van der Waals surface area contributed by atoms with Crippen LogP contribution >= 0.6 is 0 Å². The molecule has 0 bridgehead atoms. The maximum absolute atomic E-state index is 13.3. The molecule has 0 saturated heterocycles. The van der Waals surface area contributed by atoms with Crippen molar-refractivity contribution >= 4 is 0 Å². The Balaban J connectivity index is 2.60. The van der Waals surface area contributed by atoms with Crippen LogP contribution in [0.1, 0.15) is 0 Å². The molecular weight excluding hydrogens is 203 g/mol. The Morgan fingerprint density at radius 2 is 1.73 bits per heavy atom. The minimum atomic E-state index is -1.46. The lowest BCUT2D eigenvalue weighted by atomic mass is 10.1. The van der Waals surface area contributed by atoms with Gasteiger partial charge in [-0.05, 0) is 18.2 Å². The Bertz CT molecular complexity index is 483. The third-order valence-corrected chi connectivity index (χ3v) is 2.01. The van der Waals surface area contributed by atoms with Crippen molar-refractivity contribution in [3.63, 3.8) is 0 Å². The predicted molar refractivity (Wildman–Crippen MR) is 49.5 cm³/mol. The number of hydrogen-bond donors (Lipinski definition) is 0. The summed E-state index contributed by atoms with van der Waals surface area (Å²) in [4.78, 5) is 3.77. The smallest absolute Gasteiger partial charge is 0.195 e. The first-order valence-corrected chi connectivity index (χ1v) is 4.24. The van der Waals surface area contributed by atoms with Gasteiger partial charge in [-0.2, -0.15) is 0 Å². The molecule has 0 aliphatic heterocycles. The summed E-state index contributed by atoms with van der Waals surface area (Å²) in [6.07, 6.45) is 2.90. The zero-order valence-corrected chi connectivity index (χ0v) is 7.55. The first-order valence-electron chi connectivity index (χ1n) is 4.24. The minimum absolute atomic E-state index is 0.00185. The van der Waals surface area contributed by atoms with E-state index in [4.69, 9.17) is 0 Å². The molecule has 0 aliphatic rings. The van der Waals surface area contributed by atoms with Gasteiger partial charge in [-0.3, -0.25) is 4.98 Å². The van der Waals surface area contributed by atoms with E-state index >= 15 is 0 Å². The van der Waals surface area contributed by atoms with Crippen LogP contribution in [0.4, 0.5) is 13.2 Å². The summed E-state index contributed by atoms with van der Waals surface area (Å²) in [7, 11) is 0. The van der Waals surface area contributed by atoms with E-state index in [-0.39, 0.29) is 5.56 Å². The largest absolute Gasteiger partial charge is 0.264 e. The molecule has 0 unspecified atom stereocenters. The molecule has 2 aromatic rings. The number of nitrogens with zero attached hydrogens (tertiary/aromatic N) is 1. The molecule has 0 atom stereocenters. The molecule has 76 valence electrons. The molecule has 4 heteroatoms. The molecule has 0 amide bonds. The predicted octanol–water partition coefficient (Wildman–Crippen LogP) is 3.17. The highest BCUT2D eigenvalue weighted by Gasteiger charge is 2.14. The van der Waals surface area contributed by atoms with Crippen molar-refractivity contribution in [1.29, 1.82) is 0 Å². The fourth-order valence-electron chi connectivity index (χ4n) is 1.27. The van der Waals surface area contributed by atoms with Gasteiger partial charge in [0.2, 0.25) is 0 Å². The SMILES string of the molecule is Fc1ccc(-c2cccnc2)c(F)c1F. The van der Waals surface area contributed by atoms with Crippen molar-refractivity contribution in [2.75, 3.05) is 0 Å². The highest BCUT2D eigenvalue weighted by molar-refractivity contribution is 5.63. The Labute approximate surface area is 84.2 Å². The van der Waals surface area contributed by atoms with E-state index in [0.29, 0.717) is 5.56 Å². The summed E-state index contributed by atoms with van der Waals surface area (Å²) in [6, 6.07) is 5.24. The van der Waals surface area contributed by atoms with E-state index in [1.165, 1.54) is 18.5 Å². The number of halogens is 3. The van der Waals surface area contributed by atoms with Crippen LogP contribution in [0.5, 0.6) is 0 Å². The van der Waals surface area contributed by atoms with Gasteiger partial charge < -0.3 is 0 Å². The van der Waals surface area contributed by atoms with Crippen LogP contribution in [0.15, 0.2) is 36.7 Å². The average Bonchev–Trinajstić information content (AvgIpc) is 2.27. The van der Waals surface area contributed by atoms with Gasteiger partial charge in [-0.25, -0.2) is 13.2 Å². The van der Waals surface area contributed by atoms with Crippen LogP contribution in [0.2, 0.25) is 0 Å². The van der Waals surface area contributed by atoms with Crippen LogP contribution in [-0.2, 0) is 0 Å². The van der Waals surface area contributed by atoms with Crippen molar-refractivity contribution in [3.05, 3.63) is 54.1 Å². The van der Waals surface area contributed by atoms with Crippen LogP contribution in [0.3, 0.4) is 0 Å². The van der Waals surface area contributed by atoms with Gasteiger partial charge in [0.25, 0.3) is 0 Å². The van der Waals surface area contributed by atoms with Gasteiger partial charge in [0.05, 0.1) is 0 Å². The second kappa shape index (κ2) is 3.73. The molecule has 0 radical (unpaired) electrons. The molecule has 1 aromatic heterocycles. The lowest BCUT2D eigenvalue weighted by molar-refractivity contribution is 0.449. The fourth-order valence-corrected chi connectivity index (χ4v) is 1.27. The van der Waals surface area contributed by atoms with Gasteiger partial charge >= 0.3 is 0 Å².